The molecule has 8 N–H and O–H groups in total. The first kappa shape index (κ1) is 38.1. The second-order valence-electron chi connectivity index (χ2n) is 11.8. The van der Waals surface area contributed by atoms with Crippen LogP contribution in [0.5, 0.6) is 17.2 Å². The van der Waals surface area contributed by atoms with Crippen molar-refractivity contribution in [2.24, 2.45) is 0 Å². The van der Waals surface area contributed by atoms with Crippen molar-refractivity contribution in [3.63, 3.8) is 0 Å². The van der Waals surface area contributed by atoms with Gasteiger partial charge in [0, 0.05) is 5.57 Å². The minimum absolute atomic E-state index is 0.0221. The lowest BCUT2D eigenvalue weighted by Crippen LogP contribution is -2.67. The maximum Gasteiger partial charge on any atom is 0.524 e. The molecule has 0 bridgehead atoms. The van der Waals surface area contributed by atoms with Crippen LogP contribution in [0.2, 0.25) is 5.02 Å². The van der Waals surface area contributed by atoms with Gasteiger partial charge < -0.3 is 59.1 Å². The standard InChI is InChI=1S/C31H36ClFNO15P/c1-13(7-8-44-18-6-4-16(33)11-17(18)32)27-25(38)26(39)31(48-27)47-19-5-3-15(10-20(19)49-50(41,42)43)9-14(2)30(40)34-21-22(35)24(37)29-28(23(21)36)45-12-46-29/h3-7,9-11,21-29,31,35-39H,8,12H2,1-2H3,(H,34,40)(H2,41,42,43)/b13-7-,14-9+/t21-,22+,23-,24-,25+,26?,27-,28+,29-,31-/m1/s1. The van der Waals surface area contributed by atoms with Crippen molar-refractivity contribution in [2.45, 2.75) is 75.0 Å². The summed E-state index contributed by atoms with van der Waals surface area (Å²) in [6, 6.07) is 6.03. The summed E-state index contributed by atoms with van der Waals surface area (Å²) < 4.78 is 57.3. The minimum Gasteiger partial charge on any atom is -0.488 e. The van der Waals surface area contributed by atoms with Crippen molar-refractivity contribution in [2.75, 3.05) is 13.4 Å². The zero-order chi connectivity index (χ0) is 36.5. The summed E-state index contributed by atoms with van der Waals surface area (Å²) in [5.41, 5.74) is 0.638. The van der Waals surface area contributed by atoms with Crippen molar-refractivity contribution in [1.29, 1.82) is 0 Å². The van der Waals surface area contributed by atoms with Crippen LogP contribution in [0, 0.1) is 5.82 Å². The summed E-state index contributed by atoms with van der Waals surface area (Å²) in [4.78, 5) is 32.1. The molecule has 2 aliphatic heterocycles. The Hall–Kier alpha value is -3.16. The van der Waals surface area contributed by atoms with Crippen LogP contribution in [0.4, 0.5) is 4.39 Å². The number of carbonyl (C=O) groups excluding carboxylic acids is 1. The van der Waals surface area contributed by atoms with Crippen molar-refractivity contribution in [3.05, 3.63) is 70.0 Å². The molecule has 5 rings (SSSR count). The maximum absolute atomic E-state index is 13.3. The number of aliphatic hydroxyl groups is 5. The lowest BCUT2D eigenvalue weighted by atomic mass is 9.83. The van der Waals surface area contributed by atoms with Gasteiger partial charge in [0.15, 0.2) is 11.5 Å². The quantitative estimate of drug-likeness (QED) is 0.0888. The Morgan fingerprint density at radius 3 is 2.32 bits per heavy atom. The van der Waals surface area contributed by atoms with E-state index in [1.807, 2.05) is 0 Å². The predicted octanol–water partition coefficient (Wildman–Crippen LogP) is 0.527. The topological polar surface area (TPSA) is 243 Å². The minimum atomic E-state index is -5.17. The highest BCUT2D eigenvalue weighted by Gasteiger charge is 2.53. The molecule has 0 radical (unpaired) electrons. The third-order valence-corrected chi connectivity index (χ3v) is 9.01. The first-order chi connectivity index (χ1) is 23.5. The highest BCUT2D eigenvalue weighted by atomic mass is 35.5. The monoisotopic (exact) mass is 747 g/mol. The number of hydrogen-bond donors (Lipinski definition) is 8. The Kier molecular flexibility index (Phi) is 11.9. The molecule has 2 saturated heterocycles. The summed E-state index contributed by atoms with van der Waals surface area (Å²) in [6.07, 6.45) is -9.27. The molecule has 1 aliphatic carbocycles. The first-order valence-corrected chi connectivity index (χ1v) is 17.0. The van der Waals surface area contributed by atoms with Crippen LogP contribution in [0.3, 0.4) is 0 Å². The van der Waals surface area contributed by atoms with Gasteiger partial charge in [-0.1, -0.05) is 17.7 Å². The van der Waals surface area contributed by atoms with E-state index < -0.39 is 86.5 Å². The number of phosphoric ester groups is 1. The van der Waals surface area contributed by atoms with Crippen LogP contribution in [-0.2, 0) is 23.6 Å². The van der Waals surface area contributed by atoms with Crippen LogP contribution in [0.15, 0.2) is 53.6 Å². The van der Waals surface area contributed by atoms with Gasteiger partial charge >= 0.3 is 7.82 Å². The van der Waals surface area contributed by atoms with E-state index in [2.05, 4.69) is 5.32 Å². The third-order valence-electron chi connectivity index (χ3n) is 8.28. The normalized spacial score (nSPS) is 31.7. The average molecular weight is 748 g/mol. The maximum atomic E-state index is 13.3. The molecule has 1 saturated carbocycles. The Labute approximate surface area is 289 Å². The Morgan fingerprint density at radius 1 is 0.960 bits per heavy atom. The molecular weight excluding hydrogens is 712 g/mol. The van der Waals surface area contributed by atoms with Gasteiger partial charge in [0.05, 0.1) is 11.1 Å². The highest BCUT2D eigenvalue weighted by molar-refractivity contribution is 7.46. The molecule has 1 unspecified atom stereocenters. The molecule has 0 spiro atoms. The molecule has 19 heteroatoms. The van der Waals surface area contributed by atoms with Crippen LogP contribution < -0.4 is 19.3 Å². The van der Waals surface area contributed by atoms with E-state index in [1.165, 1.54) is 43.3 Å². The molecular formula is C31H36ClFNO15P. The van der Waals surface area contributed by atoms with E-state index in [-0.39, 0.29) is 41.1 Å². The number of hydrogen-bond acceptors (Lipinski definition) is 13. The number of phosphoric acid groups is 1. The molecule has 0 aromatic heterocycles. The molecule has 2 heterocycles. The second kappa shape index (κ2) is 15.6. The molecule has 274 valence electrons. The van der Waals surface area contributed by atoms with Gasteiger partial charge in [-0.3, -0.25) is 14.6 Å². The van der Waals surface area contributed by atoms with E-state index in [9.17, 15) is 49.1 Å². The zero-order valence-corrected chi connectivity index (χ0v) is 28.1. The lowest BCUT2D eigenvalue weighted by molar-refractivity contribution is -0.155. The fourth-order valence-corrected chi connectivity index (χ4v) is 6.28. The van der Waals surface area contributed by atoms with Crippen molar-refractivity contribution < 1.29 is 77.3 Å². The van der Waals surface area contributed by atoms with E-state index in [0.29, 0.717) is 5.57 Å². The van der Waals surface area contributed by atoms with E-state index in [0.717, 1.165) is 12.1 Å². The summed E-state index contributed by atoms with van der Waals surface area (Å²) in [6.45, 7) is 2.72. The molecule has 50 heavy (non-hydrogen) atoms. The van der Waals surface area contributed by atoms with Gasteiger partial charge in [0.25, 0.3) is 0 Å². The van der Waals surface area contributed by atoms with Gasteiger partial charge in [0.1, 0.15) is 73.8 Å². The Morgan fingerprint density at radius 2 is 1.64 bits per heavy atom. The number of amides is 1. The first-order valence-electron chi connectivity index (χ1n) is 15.1. The Bertz CT molecular complexity index is 1670. The number of ether oxygens (including phenoxy) is 5. The van der Waals surface area contributed by atoms with Crippen molar-refractivity contribution >= 4 is 31.4 Å². The zero-order valence-electron chi connectivity index (χ0n) is 26.4. The fourth-order valence-electron chi connectivity index (χ4n) is 5.66. The van der Waals surface area contributed by atoms with Crippen molar-refractivity contribution in [3.8, 4) is 17.2 Å². The summed E-state index contributed by atoms with van der Waals surface area (Å²) in [5.74, 6) is -1.88. The third kappa shape index (κ3) is 8.65. The van der Waals surface area contributed by atoms with Crippen LogP contribution in [0.1, 0.15) is 19.4 Å². The number of nitrogens with one attached hydrogen (secondary N) is 1. The molecule has 1 amide bonds. The molecule has 3 fully saturated rings. The highest BCUT2D eigenvalue weighted by Crippen LogP contribution is 2.44. The number of carbonyl (C=O) groups is 1. The average Bonchev–Trinajstić information content (AvgIpc) is 3.65. The van der Waals surface area contributed by atoms with Crippen LogP contribution >= 0.6 is 19.4 Å². The molecule has 10 atom stereocenters. The van der Waals surface area contributed by atoms with E-state index in [4.69, 9.17) is 39.8 Å². The van der Waals surface area contributed by atoms with Crippen LogP contribution in [0.25, 0.3) is 6.08 Å². The SMILES string of the molecule is C/C(=C/COc1ccc(F)cc1Cl)[C@H]1O[C@@H](Oc2ccc(/C=C(\C)C(=O)N[C@@H]3[C@H](O)[C@@H](O)[C@H]4OCO[C@H]4[C@@H]3O)cc2OP(=O)(O)O)C(O)[C@@H]1O. The number of benzene rings is 2. The Balaban J connectivity index is 1.27. The fraction of sp³-hybridized carbons (Fsp3) is 0.452. The summed E-state index contributed by atoms with van der Waals surface area (Å²) >= 11 is 5.96. The van der Waals surface area contributed by atoms with Gasteiger partial charge in [-0.2, -0.15) is 0 Å². The second-order valence-corrected chi connectivity index (χ2v) is 13.4. The van der Waals surface area contributed by atoms with Crippen molar-refractivity contribution in [1.82, 2.24) is 5.32 Å². The summed E-state index contributed by atoms with van der Waals surface area (Å²) in [5, 5.41) is 55.3. The van der Waals surface area contributed by atoms with E-state index >= 15 is 0 Å². The molecule has 3 aliphatic rings. The summed E-state index contributed by atoms with van der Waals surface area (Å²) in [7, 11) is -5.17. The molecule has 2 aromatic carbocycles. The number of halogens is 2. The van der Waals surface area contributed by atoms with Gasteiger partial charge in [-0.15, -0.1) is 0 Å². The molecule has 16 nitrogen and oxygen atoms in total. The number of aliphatic hydroxyl groups excluding tert-OH is 5. The van der Waals surface area contributed by atoms with Crippen LogP contribution in [-0.4, -0.2) is 116 Å². The van der Waals surface area contributed by atoms with Gasteiger partial charge in [-0.05, 0) is 67.5 Å². The largest absolute Gasteiger partial charge is 0.524 e. The number of rotatable bonds is 11. The predicted molar refractivity (Wildman–Crippen MR) is 169 cm³/mol. The number of fused-ring (bicyclic) bond motifs is 1. The lowest BCUT2D eigenvalue weighted by Gasteiger charge is -2.41. The smallest absolute Gasteiger partial charge is 0.488 e. The molecule has 2 aromatic rings. The van der Waals surface area contributed by atoms with Gasteiger partial charge in [0.2, 0.25) is 12.2 Å². The van der Waals surface area contributed by atoms with E-state index in [1.54, 1.807) is 6.92 Å². The van der Waals surface area contributed by atoms with Gasteiger partial charge in [-0.25, -0.2) is 8.96 Å².